The third-order valence-corrected chi connectivity index (χ3v) is 3.50. The van der Waals surface area contributed by atoms with Gasteiger partial charge in [0, 0.05) is 12.6 Å². The van der Waals surface area contributed by atoms with Gasteiger partial charge in [0.2, 0.25) is 11.7 Å². The van der Waals surface area contributed by atoms with E-state index in [1.54, 1.807) is 0 Å². The molecule has 130 valence electrons. The molecule has 0 bridgehead atoms. The Balaban J connectivity index is 2.03. The second-order valence-corrected chi connectivity index (χ2v) is 5.52. The fourth-order valence-corrected chi connectivity index (χ4v) is 2.10. The highest BCUT2D eigenvalue weighted by Gasteiger charge is 2.16. The first-order valence-electron chi connectivity index (χ1n) is 7.10. The summed E-state index contributed by atoms with van der Waals surface area (Å²) in [5.74, 6) is -2.70. The van der Waals surface area contributed by atoms with Gasteiger partial charge < -0.3 is 15.8 Å². The van der Waals surface area contributed by atoms with Gasteiger partial charge in [0.15, 0.2) is 6.61 Å². The van der Waals surface area contributed by atoms with Crippen molar-refractivity contribution in [3.05, 3.63) is 58.4 Å². The predicted octanol–water partition coefficient (Wildman–Crippen LogP) is 3.06. The van der Waals surface area contributed by atoms with Crippen LogP contribution >= 0.6 is 11.6 Å². The highest BCUT2D eigenvalue weighted by molar-refractivity contribution is 6.33. The van der Waals surface area contributed by atoms with Crippen LogP contribution in [0.3, 0.4) is 0 Å². The molecule has 3 N–H and O–H groups in total. The van der Waals surface area contributed by atoms with Gasteiger partial charge in [0.1, 0.15) is 5.82 Å². The number of nitrogen functional groups attached to an aromatic ring is 1. The van der Waals surface area contributed by atoms with Crippen molar-refractivity contribution in [2.45, 2.75) is 6.92 Å². The smallest absolute Gasteiger partial charge is 0.338 e. The molecule has 0 saturated heterocycles. The Morgan fingerprint density at radius 3 is 2.52 bits per heavy atom. The minimum absolute atomic E-state index is 0.121. The van der Waals surface area contributed by atoms with E-state index in [0.717, 1.165) is 6.07 Å². The van der Waals surface area contributed by atoms with Crippen LogP contribution in [0.1, 0.15) is 27.6 Å². The number of ether oxygens (including phenoxy) is 1. The molecule has 2 aromatic rings. The standard InChI is InChI=1S/C17H14ClFN2O4/c1-9(22)21-11-3-4-12(14(19)7-11)16(23)8-25-17(24)10-2-5-13(18)15(20)6-10/h2-7H,8,20H2,1H3,(H,21,22). The molecule has 0 aliphatic rings. The summed E-state index contributed by atoms with van der Waals surface area (Å²) in [6.07, 6.45) is 0. The van der Waals surface area contributed by atoms with Crippen molar-refractivity contribution < 1.29 is 23.5 Å². The zero-order valence-corrected chi connectivity index (χ0v) is 13.9. The van der Waals surface area contributed by atoms with Gasteiger partial charge in [0.05, 0.1) is 21.8 Å². The van der Waals surface area contributed by atoms with Crippen LogP contribution in [0.2, 0.25) is 5.02 Å². The van der Waals surface area contributed by atoms with Crippen LogP contribution in [-0.2, 0) is 9.53 Å². The molecule has 6 nitrogen and oxygen atoms in total. The Morgan fingerprint density at radius 2 is 1.92 bits per heavy atom. The number of hydrogen-bond acceptors (Lipinski definition) is 5. The van der Waals surface area contributed by atoms with E-state index in [1.165, 1.54) is 37.3 Å². The molecule has 0 aliphatic heterocycles. The van der Waals surface area contributed by atoms with Crippen molar-refractivity contribution in [3.8, 4) is 0 Å². The van der Waals surface area contributed by atoms with Crippen LogP contribution in [0.25, 0.3) is 0 Å². The van der Waals surface area contributed by atoms with Crippen LogP contribution in [0, 0.1) is 5.82 Å². The largest absolute Gasteiger partial charge is 0.454 e. The van der Waals surface area contributed by atoms with Gasteiger partial charge in [-0.3, -0.25) is 9.59 Å². The van der Waals surface area contributed by atoms with Gasteiger partial charge in [-0.1, -0.05) is 11.6 Å². The molecule has 25 heavy (non-hydrogen) atoms. The lowest BCUT2D eigenvalue weighted by Gasteiger charge is -2.08. The number of nitrogens with two attached hydrogens (primary N) is 1. The lowest BCUT2D eigenvalue weighted by Crippen LogP contribution is -2.16. The normalized spacial score (nSPS) is 10.2. The number of ketones is 1. The summed E-state index contributed by atoms with van der Waals surface area (Å²) in [5, 5.41) is 2.68. The van der Waals surface area contributed by atoms with E-state index in [1.807, 2.05) is 0 Å². The van der Waals surface area contributed by atoms with Crippen LogP contribution in [-0.4, -0.2) is 24.3 Å². The second kappa shape index (κ2) is 7.76. The van der Waals surface area contributed by atoms with Crippen molar-refractivity contribution in [3.63, 3.8) is 0 Å². The molecule has 2 aromatic carbocycles. The first-order chi connectivity index (χ1) is 11.8. The van der Waals surface area contributed by atoms with Gasteiger partial charge >= 0.3 is 5.97 Å². The number of halogens is 2. The molecular formula is C17H14ClFN2O4. The molecule has 0 unspecified atom stereocenters. The molecule has 1 amide bonds. The van der Waals surface area contributed by atoms with Gasteiger partial charge in [0.25, 0.3) is 0 Å². The van der Waals surface area contributed by atoms with Crippen molar-refractivity contribution >= 4 is 40.6 Å². The minimum atomic E-state index is -0.831. The predicted molar refractivity (Wildman–Crippen MR) is 91.2 cm³/mol. The van der Waals surface area contributed by atoms with Gasteiger partial charge in [-0.25, -0.2) is 9.18 Å². The number of rotatable bonds is 5. The van der Waals surface area contributed by atoms with E-state index in [0.29, 0.717) is 0 Å². The van der Waals surface area contributed by atoms with Crippen LogP contribution < -0.4 is 11.1 Å². The summed E-state index contributed by atoms with van der Waals surface area (Å²) in [5.41, 5.74) is 5.87. The summed E-state index contributed by atoms with van der Waals surface area (Å²) in [7, 11) is 0. The van der Waals surface area contributed by atoms with Crippen LogP contribution in [0.4, 0.5) is 15.8 Å². The average Bonchev–Trinajstić information content (AvgIpc) is 2.54. The summed E-state index contributed by atoms with van der Waals surface area (Å²) in [6, 6.07) is 7.73. The Morgan fingerprint density at radius 1 is 1.20 bits per heavy atom. The minimum Gasteiger partial charge on any atom is -0.454 e. The molecule has 2 rings (SSSR count). The van der Waals surface area contributed by atoms with Gasteiger partial charge in [-0.05, 0) is 36.4 Å². The highest BCUT2D eigenvalue weighted by atomic mass is 35.5. The first kappa shape index (κ1) is 18.4. The lowest BCUT2D eigenvalue weighted by molar-refractivity contribution is -0.114. The second-order valence-electron chi connectivity index (χ2n) is 5.11. The Bertz CT molecular complexity index is 855. The summed E-state index contributed by atoms with van der Waals surface area (Å²) < 4.78 is 18.8. The zero-order valence-electron chi connectivity index (χ0n) is 13.1. The number of nitrogens with one attached hydrogen (secondary N) is 1. The van der Waals surface area contributed by atoms with E-state index in [9.17, 15) is 18.8 Å². The van der Waals surface area contributed by atoms with Gasteiger partial charge in [-0.2, -0.15) is 0 Å². The topological polar surface area (TPSA) is 98.5 Å². The van der Waals surface area contributed by atoms with Crippen molar-refractivity contribution in [1.82, 2.24) is 0 Å². The van der Waals surface area contributed by atoms with E-state index in [2.05, 4.69) is 5.32 Å². The third kappa shape index (κ3) is 4.77. The number of amides is 1. The molecule has 0 spiro atoms. The quantitative estimate of drug-likeness (QED) is 0.482. The molecule has 0 aromatic heterocycles. The van der Waals surface area contributed by atoms with Crippen molar-refractivity contribution in [1.29, 1.82) is 0 Å². The lowest BCUT2D eigenvalue weighted by atomic mass is 10.1. The highest BCUT2D eigenvalue weighted by Crippen LogP contribution is 2.20. The molecule has 0 saturated carbocycles. The number of anilines is 2. The zero-order chi connectivity index (χ0) is 18.6. The number of benzene rings is 2. The van der Waals surface area contributed by atoms with E-state index < -0.39 is 24.2 Å². The number of carbonyl (C=O) groups is 3. The monoisotopic (exact) mass is 364 g/mol. The third-order valence-electron chi connectivity index (χ3n) is 3.16. The molecule has 0 atom stereocenters. The maximum absolute atomic E-state index is 14.0. The summed E-state index contributed by atoms with van der Waals surface area (Å²) in [4.78, 5) is 34.8. The van der Waals surface area contributed by atoms with Gasteiger partial charge in [-0.15, -0.1) is 0 Å². The number of hydrogen-bond donors (Lipinski definition) is 2. The summed E-state index contributed by atoms with van der Waals surface area (Å²) >= 11 is 5.76. The molecule has 0 fully saturated rings. The van der Waals surface area contributed by atoms with E-state index in [4.69, 9.17) is 22.1 Å². The Kier molecular flexibility index (Phi) is 5.71. The molecule has 0 radical (unpaired) electrons. The van der Waals surface area contributed by atoms with Crippen LogP contribution in [0.15, 0.2) is 36.4 Å². The SMILES string of the molecule is CC(=O)Nc1ccc(C(=O)COC(=O)c2ccc(Cl)c(N)c2)c(F)c1. The maximum Gasteiger partial charge on any atom is 0.338 e. The fraction of sp³-hybridized carbons (Fsp3) is 0.118. The van der Waals surface area contributed by atoms with Crippen molar-refractivity contribution in [2.24, 2.45) is 0 Å². The van der Waals surface area contributed by atoms with Crippen molar-refractivity contribution in [2.75, 3.05) is 17.7 Å². The van der Waals surface area contributed by atoms with E-state index in [-0.39, 0.29) is 33.4 Å². The maximum atomic E-state index is 14.0. The van der Waals surface area contributed by atoms with Crippen LogP contribution in [0.5, 0.6) is 0 Å². The number of Topliss-reactive ketones (excluding diaryl/α,β-unsaturated/α-hetero) is 1. The first-order valence-corrected chi connectivity index (χ1v) is 7.48. The molecule has 0 aliphatic carbocycles. The molecular weight excluding hydrogens is 351 g/mol. The van der Waals surface area contributed by atoms with E-state index >= 15 is 0 Å². The summed E-state index contributed by atoms with van der Waals surface area (Å²) in [6.45, 7) is 0.637. The molecule has 0 heterocycles. The molecule has 8 heteroatoms. The number of esters is 1. The fourth-order valence-electron chi connectivity index (χ4n) is 1.99. The Labute approximate surface area is 147 Å². The average molecular weight is 365 g/mol. The number of carbonyl (C=O) groups excluding carboxylic acids is 3. The Hall–Kier alpha value is -2.93.